The van der Waals surface area contributed by atoms with Gasteiger partial charge in [-0.3, -0.25) is 4.90 Å². The molecule has 0 aliphatic carbocycles. The molecular formula is C14H20Cl2N4. The molecule has 1 fully saturated rings. The van der Waals surface area contributed by atoms with E-state index in [1.54, 1.807) is 0 Å². The van der Waals surface area contributed by atoms with Gasteiger partial charge in [0.15, 0.2) is 0 Å². The normalized spacial score (nSPS) is 20.0. The first-order chi connectivity index (χ1) is 9.26. The average Bonchev–Trinajstić information content (AvgIpc) is 2.80. The number of imidazole rings is 1. The van der Waals surface area contributed by atoms with Crippen LogP contribution in [0.15, 0.2) is 24.5 Å². The standard InChI is InChI=1S/C14H19ClN4.ClH/c15-11-4-5-14-17-12(10-19(14)8-11)9-18-6-2-1-3-13(18)7-16;/h4-5,8,10,13H,1-3,6-7,9,16H2;1H. The zero-order valence-electron chi connectivity index (χ0n) is 11.3. The van der Waals surface area contributed by atoms with Crippen LogP contribution in [0, 0.1) is 0 Å². The number of rotatable bonds is 3. The van der Waals surface area contributed by atoms with Crippen LogP contribution in [0.2, 0.25) is 5.02 Å². The Morgan fingerprint density at radius 3 is 2.95 bits per heavy atom. The van der Waals surface area contributed by atoms with E-state index in [0.717, 1.165) is 36.0 Å². The maximum Gasteiger partial charge on any atom is 0.137 e. The molecule has 4 nitrogen and oxygen atoms in total. The summed E-state index contributed by atoms with van der Waals surface area (Å²) in [4.78, 5) is 7.09. The van der Waals surface area contributed by atoms with Gasteiger partial charge < -0.3 is 10.1 Å². The number of hydrogen-bond donors (Lipinski definition) is 1. The minimum atomic E-state index is 0. The first-order valence-electron chi connectivity index (χ1n) is 6.83. The van der Waals surface area contributed by atoms with E-state index in [1.165, 1.54) is 19.3 Å². The van der Waals surface area contributed by atoms with E-state index >= 15 is 0 Å². The van der Waals surface area contributed by atoms with Crippen molar-refractivity contribution in [2.24, 2.45) is 5.73 Å². The van der Waals surface area contributed by atoms with Gasteiger partial charge in [-0.15, -0.1) is 12.4 Å². The molecule has 3 rings (SSSR count). The van der Waals surface area contributed by atoms with Crippen molar-refractivity contribution in [3.63, 3.8) is 0 Å². The third-order valence-electron chi connectivity index (χ3n) is 3.85. The lowest BCUT2D eigenvalue weighted by molar-refractivity contribution is 0.143. The predicted molar refractivity (Wildman–Crippen MR) is 84.6 cm³/mol. The molecule has 1 saturated heterocycles. The van der Waals surface area contributed by atoms with Crippen LogP contribution in [-0.2, 0) is 6.54 Å². The number of hydrogen-bond acceptors (Lipinski definition) is 3. The van der Waals surface area contributed by atoms with Crippen molar-refractivity contribution in [3.05, 3.63) is 35.2 Å². The summed E-state index contributed by atoms with van der Waals surface area (Å²) in [5.74, 6) is 0. The van der Waals surface area contributed by atoms with Crippen LogP contribution in [0.5, 0.6) is 0 Å². The van der Waals surface area contributed by atoms with E-state index in [2.05, 4.69) is 16.1 Å². The molecule has 1 aliphatic rings. The summed E-state index contributed by atoms with van der Waals surface area (Å²) >= 11 is 5.99. The second-order valence-electron chi connectivity index (χ2n) is 5.20. The topological polar surface area (TPSA) is 46.6 Å². The van der Waals surface area contributed by atoms with Gasteiger partial charge in [0.1, 0.15) is 5.65 Å². The molecule has 1 atom stereocenters. The number of fused-ring (bicyclic) bond motifs is 1. The number of nitrogens with zero attached hydrogens (tertiary/aromatic N) is 3. The van der Waals surface area contributed by atoms with Crippen molar-refractivity contribution in [3.8, 4) is 0 Å². The van der Waals surface area contributed by atoms with Gasteiger partial charge in [-0.05, 0) is 31.5 Å². The summed E-state index contributed by atoms with van der Waals surface area (Å²) in [6, 6.07) is 4.32. The van der Waals surface area contributed by atoms with E-state index in [9.17, 15) is 0 Å². The molecule has 0 amide bonds. The molecule has 0 saturated carbocycles. The summed E-state index contributed by atoms with van der Waals surface area (Å²) in [6.07, 6.45) is 7.71. The molecule has 110 valence electrons. The van der Waals surface area contributed by atoms with Crippen molar-refractivity contribution < 1.29 is 0 Å². The van der Waals surface area contributed by atoms with Gasteiger partial charge in [0, 0.05) is 31.5 Å². The van der Waals surface area contributed by atoms with Gasteiger partial charge in [-0.25, -0.2) is 4.98 Å². The van der Waals surface area contributed by atoms with Crippen LogP contribution >= 0.6 is 24.0 Å². The van der Waals surface area contributed by atoms with Crippen molar-refractivity contribution in [1.82, 2.24) is 14.3 Å². The van der Waals surface area contributed by atoms with Gasteiger partial charge in [-0.1, -0.05) is 18.0 Å². The monoisotopic (exact) mass is 314 g/mol. The summed E-state index contributed by atoms with van der Waals surface area (Å²) in [5.41, 5.74) is 7.89. The molecule has 2 N–H and O–H groups in total. The fourth-order valence-corrected chi connectivity index (χ4v) is 3.00. The molecule has 0 bridgehead atoms. The molecule has 2 aromatic heterocycles. The third kappa shape index (κ3) is 3.26. The average molecular weight is 315 g/mol. The molecular weight excluding hydrogens is 295 g/mol. The summed E-state index contributed by atoms with van der Waals surface area (Å²) in [5, 5.41) is 0.731. The van der Waals surface area contributed by atoms with Crippen molar-refractivity contribution in [2.75, 3.05) is 13.1 Å². The van der Waals surface area contributed by atoms with E-state index in [-0.39, 0.29) is 12.4 Å². The number of piperidine rings is 1. The zero-order chi connectivity index (χ0) is 13.2. The molecule has 1 unspecified atom stereocenters. The summed E-state index contributed by atoms with van der Waals surface area (Å²) in [7, 11) is 0. The maximum absolute atomic E-state index is 5.99. The quantitative estimate of drug-likeness (QED) is 0.947. The Hall–Kier alpha value is -0.810. The molecule has 0 spiro atoms. The molecule has 0 aromatic carbocycles. The molecule has 20 heavy (non-hydrogen) atoms. The first-order valence-corrected chi connectivity index (χ1v) is 7.21. The Bertz CT molecular complexity index is 569. The Morgan fingerprint density at radius 1 is 1.30 bits per heavy atom. The van der Waals surface area contributed by atoms with Crippen molar-refractivity contribution in [1.29, 1.82) is 0 Å². The smallest absolute Gasteiger partial charge is 0.137 e. The van der Waals surface area contributed by atoms with Crippen molar-refractivity contribution >= 4 is 29.7 Å². The SMILES string of the molecule is Cl.NCC1CCCCN1Cc1cn2cc(Cl)ccc2n1. The van der Waals surface area contributed by atoms with E-state index in [0.29, 0.717) is 6.04 Å². The lowest BCUT2D eigenvalue weighted by Crippen LogP contribution is -2.43. The fourth-order valence-electron chi connectivity index (χ4n) is 2.84. The summed E-state index contributed by atoms with van der Waals surface area (Å²) in [6.45, 7) is 2.73. The Labute approximate surface area is 130 Å². The lowest BCUT2D eigenvalue weighted by atomic mass is 10.0. The lowest BCUT2D eigenvalue weighted by Gasteiger charge is -2.34. The number of nitrogens with two attached hydrogens (primary N) is 1. The predicted octanol–water partition coefficient (Wildman–Crippen LogP) is 2.72. The zero-order valence-corrected chi connectivity index (χ0v) is 12.9. The highest BCUT2D eigenvalue weighted by Gasteiger charge is 2.21. The highest BCUT2D eigenvalue weighted by atomic mass is 35.5. The van der Waals surface area contributed by atoms with Gasteiger partial charge in [0.05, 0.1) is 10.7 Å². The largest absolute Gasteiger partial charge is 0.329 e. The van der Waals surface area contributed by atoms with Crippen molar-refractivity contribution in [2.45, 2.75) is 31.8 Å². The Morgan fingerprint density at radius 2 is 2.15 bits per heavy atom. The highest BCUT2D eigenvalue weighted by Crippen LogP contribution is 2.19. The minimum absolute atomic E-state index is 0. The number of likely N-dealkylation sites (tertiary alicyclic amines) is 1. The number of pyridine rings is 1. The van der Waals surface area contributed by atoms with Crippen LogP contribution in [0.3, 0.4) is 0 Å². The van der Waals surface area contributed by atoms with E-state index in [1.807, 2.05) is 22.7 Å². The molecule has 2 aromatic rings. The molecule has 6 heteroatoms. The van der Waals surface area contributed by atoms with Gasteiger partial charge in [-0.2, -0.15) is 0 Å². The first kappa shape index (κ1) is 15.6. The minimum Gasteiger partial charge on any atom is -0.329 e. The highest BCUT2D eigenvalue weighted by molar-refractivity contribution is 6.30. The third-order valence-corrected chi connectivity index (χ3v) is 4.07. The Kier molecular flexibility index (Phi) is 5.27. The maximum atomic E-state index is 5.99. The van der Waals surface area contributed by atoms with Gasteiger partial charge in [0.2, 0.25) is 0 Å². The molecule has 0 radical (unpaired) electrons. The van der Waals surface area contributed by atoms with Gasteiger partial charge in [0.25, 0.3) is 0 Å². The van der Waals surface area contributed by atoms with Gasteiger partial charge >= 0.3 is 0 Å². The van der Waals surface area contributed by atoms with Crippen LogP contribution < -0.4 is 5.73 Å². The summed E-state index contributed by atoms with van der Waals surface area (Å²) < 4.78 is 1.99. The van der Waals surface area contributed by atoms with E-state index < -0.39 is 0 Å². The van der Waals surface area contributed by atoms with Crippen LogP contribution in [-0.4, -0.2) is 33.4 Å². The molecule has 3 heterocycles. The molecule has 1 aliphatic heterocycles. The van der Waals surface area contributed by atoms with Crippen LogP contribution in [0.1, 0.15) is 25.0 Å². The van der Waals surface area contributed by atoms with Crippen LogP contribution in [0.4, 0.5) is 0 Å². The number of aromatic nitrogens is 2. The van der Waals surface area contributed by atoms with E-state index in [4.69, 9.17) is 17.3 Å². The fraction of sp³-hybridized carbons (Fsp3) is 0.500. The second kappa shape index (κ2) is 6.76. The number of halogens is 2. The second-order valence-corrected chi connectivity index (χ2v) is 5.64. The van der Waals surface area contributed by atoms with Crippen LogP contribution in [0.25, 0.3) is 5.65 Å². The Balaban J connectivity index is 0.00000147.